The van der Waals surface area contributed by atoms with Crippen LogP contribution in [0, 0.1) is 0 Å². The van der Waals surface area contributed by atoms with Crippen molar-refractivity contribution in [3.63, 3.8) is 0 Å². The molecular weight excluding hydrogens is 320 g/mol. The van der Waals surface area contributed by atoms with Crippen molar-refractivity contribution in [2.45, 2.75) is 0 Å². The number of hydrogen-bond acceptors (Lipinski definition) is 6. The average Bonchev–Trinajstić information content (AvgIpc) is 1.63. The number of nitrogens with zero attached hydrogens (tertiary/aromatic N) is 1. The van der Waals surface area contributed by atoms with E-state index in [1.807, 2.05) is 0.984 Å². The second-order valence-corrected chi connectivity index (χ2v) is 16.0. The zero-order chi connectivity index (χ0) is 5.82. The van der Waals surface area contributed by atoms with E-state index in [-0.39, 0.29) is 0 Å². The molecule has 0 bridgehead atoms. The molecule has 3 N–H and O–H groups in total. The summed E-state index contributed by atoms with van der Waals surface area (Å²) in [7, 11) is 0. The number of hydrogen-bond donors (Lipinski definition) is 3. The molecule has 0 amide bonds. The Balaban J connectivity index is 1.86. The molecule has 1 fully saturated rings. The molecule has 44 valence electrons. The van der Waals surface area contributed by atoms with Gasteiger partial charge in [-0.1, -0.05) is 0 Å². The Morgan fingerprint density at radius 2 is 2.75 bits per heavy atom. The van der Waals surface area contributed by atoms with E-state index in [0.717, 1.165) is 0 Å². The molecule has 8 heavy (non-hydrogen) atoms. The molecule has 1 rings (SSSR count). The van der Waals surface area contributed by atoms with Crippen molar-refractivity contribution >= 4 is 47.3 Å². The third-order valence-electron chi connectivity index (χ3n) is 0.699. The van der Waals surface area contributed by atoms with Crippen LogP contribution < -0.4 is 11.2 Å². The first-order chi connectivity index (χ1) is 3.93. The van der Waals surface area contributed by atoms with Crippen molar-refractivity contribution < 1.29 is 11.1 Å². The summed E-state index contributed by atoms with van der Waals surface area (Å²) in [6, 6.07) is 0. The van der Waals surface area contributed by atoms with Gasteiger partial charge in [-0.25, -0.2) is 0 Å². The Kier molecular flexibility index (Phi) is 4.12. The van der Waals surface area contributed by atoms with Gasteiger partial charge in [0.25, 0.3) is 0 Å². The summed E-state index contributed by atoms with van der Waals surface area (Å²) < 4.78 is 11.4. The molecule has 0 saturated carbocycles. The normalized spacial score (nSPS) is 19.1. The van der Waals surface area contributed by atoms with Gasteiger partial charge in [0.05, 0.1) is 0 Å². The molecule has 0 radical (unpaired) electrons. The summed E-state index contributed by atoms with van der Waals surface area (Å²) in [5.41, 5.74) is 4.28. The monoisotopic (exact) mass is 325 g/mol. The van der Waals surface area contributed by atoms with Gasteiger partial charge in [-0.2, -0.15) is 0 Å². The van der Waals surface area contributed by atoms with Crippen LogP contribution in [0.5, 0.6) is 0 Å². The fourth-order valence-corrected chi connectivity index (χ4v) is 8.86. The number of nitrogens with one attached hydrogen (secondary N) is 2. The third-order valence-corrected chi connectivity index (χ3v) is 11.7. The van der Waals surface area contributed by atoms with Crippen LogP contribution in [0.3, 0.4) is 0 Å². The molecule has 0 aromatic heterocycles. The van der Waals surface area contributed by atoms with Crippen LogP contribution in [0.15, 0.2) is 0 Å². The molecule has 1 aliphatic heterocycles. The van der Waals surface area contributed by atoms with Gasteiger partial charge in [-0.15, -0.1) is 0 Å². The van der Waals surface area contributed by atoms with Gasteiger partial charge < -0.3 is 0 Å². The van der Waals surface area contributed by atoms with Crippen LogP contribution >= 0.6 is 0 Å². The Morgan fingerprint density at radius 1 is 2.00 bits per heavy atom. The van der Waals surface area contributed by atoms with Gasteiger partial charge in [0.1, 0.15) is 0 Å². The predicted octanol–water partition coefficient (Wildman–Crippen LogP) is -2.82. The van der Waals surface area contributed by atoms with Crippen molar-refractivity contribution in [3.8, 4) is 0 Å². The van der Waals surface area contributed by atoms with Crippen LogP contribution in [0.25, 0.3) is 0 Å². The maximum absolute atomic E-state index is 7.94. The van der Waals surface area contributed by atoms with E-state index < -0.39 is 47.3 Å². The molecule has 1 saturated heterocycles. The molecule has 0 aliphatic carbocycles. The maximum atomic E-state index is 7.94. The van der Waals surface area contributed by atoms with E-state index in [4.69, 9.17) is 8.16 Å². The molecular formula is H5In2N3O3. The standard InChI is InChI=1S/2In.HN2O.H2NO2.2H/c;;1-2-3;2-1-3;;/h;;2H;1-2H;;/q2*+1;2*-1;;. The van der Waals surface area contributed by atoms with E-state index >= 15 is 0 Å². The van der Waals surface area contributed by atoms with Gasteiger partial charge in [0.15, 0.2) is 0 Å². The average molecular weight is 325 g/mol. The van der Waals surface area contributed by atoms with Gasteiger partial charge in [-0.05, 0) is 0 Å². The summed E-state index contributed by atoms with van der Waals surface area (Å²) in [5, 5.41) is 7.94. The Hall–Kier alpha value is 1.50. The number of hydrazine groups is 1. The van der Waals surface area contributed by atoms with Crippen molar-refractivity contribution in [3.05, 3.63) is 0 Å². The molecule has 0 aromatic carbocycles. The van der Waals surface area contributed by atoms with Crippen molar-refractivity contribution in [1.29, 1.82) is 0 Å². The second kappa shape index (κ2) is 4.34. The zero-order valence-electron chi connectivity index (χ0n) is 4.13. The van der Waals surface area contributed by atoms with Crippen LogP contribution in [-0.4, -0.2) is 53.5 Å². The number of rotatable bonds is 3. The van der Waals surface area contributed by atoms with Crippen LogP contribution in [0.2, 0.25) is 0 Å². The summed E-state index contributed by atoms with van der Waals surface area (Å²) in [6.45, 7) is 0. The molecule has 1 heterocycles. The Bertz CT molecular complexity index is 65.5. The van der Waals surface area contributed by atoms with Gasteiger partial charge in [0.2, 0.25) is 0 Å². The summed E-state index contributed by atoms with van der Waals surface area (Å²) in [6.07, 6.45) is 0. The van der Waals surface area contributed by atoms with Crippen molar-refractivity contribution in [2.24, 2.45) is 0 Å². The van der Waals surface area contributed by atoms with Crippen LogP contribution in [0.4, 0.5) is 0 Å². The van der Waals surface area contributed by atoms with Gasteiger partial charge >= 0.3 is 70.6 Å². The molecule has 0 unspecified atom stereocenters. The minimum absolute atomic E-state index is 0.989. The first kappa shape index (κ1) is 7.61. The molecule has 0 atom stereocenters. The van der Waals surface area contributed by atoms with E-state index in [1.54, 1.807) is 5.64 Å². The molecule has 8 heteroatoms. The fourth-order valence-electron chi connectivity index (χ4n) is 0.326. The molecule has 1 aliphatic rings. The van der Waals surface area contributed by atoms with Gasteiger partial charge in [-0.3, -0.25) is 0 Å². The Morgan fingerprint density at radius 3 is 3.12 bits per heavy atom. The second-order valence-electron chi connectivity index (χ2n) is 1.27. The van der Waals surface area contributed by atoms with E-state index in [2.05, 4.69) is 8.54 Å². The third kappa shape index (κ3) is 2.40. The molecule has 0 aromatic rings. The van der Waals surface area contributed by atoms with Gasteiger partial charge in [0, 0.05) is 0 Å². The molecule has 0 spiro atoms. The summed E-state index contributed by atoms with van der Waals surface area (Å²) >= 11 is -2.29. The summed E-state index contributed by atoms with van der Waals surface area (Å²) in [4.78, 5) is 0. The van der Waals surface area contributed by atoms with E-state index in [1.165, 1.54) is 0 Å². The quantitative estimate of drug-likeness (QED) is 0.487. The topological polar surface area (TPSA) is 66.0 Å². The summed E-state index contributed by atoms with van der Waals surface area (Å²) in [5.74, 6) is 0. The van der Waals surface area contributed by atoms with E-state index in [0.29, 0.717) is 0 Å². The van der Waals surface area contributed by atoms with Crippen molar-refractivity contribution in [2.75, 3.05) is 0 Å². The predicted molar refractivity (Wildman–Crippen MR) is 26.4 cm³/mol. The van der Waals surface area contributed by atoms with Crippen LogP contribution in [-0.2, 0) is 5.91 Å². The SMILES string of the molecule is ON[O][InH][N]1N[O][InH]1. The zero-order valence-corrected chi connectivity index (χ0v) is 12.2. The molecule has 6 nitrogen and oxygen atoms in total. The minimum atomic E-state index is -1.31. The Labute approximate surface area is 70.1 Å². The van der Waals surface area contributed by atoms with Crippen molar-refractivity contribution in [1.82, 2.24) is 12.2 Å². The first-order valence-corrected chi connectivity index (χ1v) is 8.97. The first-order valence-electron chi connectivity index (χ1n) is 2.07. The fraction of sp³-hybridized carbons (Fsp3) is 0. The van der Waals surface area contributed by atoms with Crippen LogP contribution in [0.1, 0.15) is 0 Å². The van der Waals surface area contributed by atoms with E-state index in [9.17, 15) is 0 Å².